The molecule has 2 spiro atoms. The molecule has 0 aromatic rings. The second-order valence-electron chi connectivity index (χ2n) is 10.3. The molecule has 2 aliphatic heterocycles. The van der Waals surface area contributed by atoms with Crippen LogP contribution in [-0.2, 0) is 19.1 Å². The zero-order valence-electron chi connectivity index (χ0n) is 16.7. The number of ether oxygens (including phenoxy) is 2. The number of Topliss-reactive ketones (excluding diaryl/α,β-unsaturated/α-hetero) is 1. The van der Waals surface area contributed by atoms with E-state index in [0.29, 0.717) is 18.6 Å². The molecule has 4 bridgehead atoms. The van der Waals surface area contributed by atoms with Gasteiger partial charge in [0.25, 0.3) is 0 Å². The SMILES string of the molecule is C=C1C(=O)[C@]23C[C@H]1CC[C@H]2[C@]12CCC[C@@](C)(COC(C)=O)[C@H]1[C@H](O)[C@@]3(O)OC2. The molecule has 6 nitrogen and oxygen atoms in total. The molecule has 6 heteroatoms. The number of carbonyl (C=O) groups excluding carboxylic acids is 2. The molecule has 0 unspecified atom stereocenters. The van der Waals surface area contributed by atoms with E-state index in [2.05, 4.69) is 6.58 Å². The van der Waals surface area contributed by atoms with Crippen LogP contribution in [0.4, 0.5) is 0 Å². The van der Waals surface area contributed by atoms with E-state index in [1.165, 1.54) is 6.92 Å². The zero-order valence-corrected chi connectivity index (χ0v) is 16.7. The predicted molar refractivity (Wildman–Crippen MR) is 98.8 cm³/mol. The average Bonchev–Trinajstić information content (AvgIpc) is 2.84. The summed E-state index contributed by atoms with van der Waals surface area (Å²) in [5.41, 5.74) is -1.34. The fraction of sp³-hybridized carbons (Fsp3) is 0.818. The van der Waals surface area contributed by atoms with Crippen molar-refractivity contribution in [3.05, 3.63) is 12.2 Å². The number of rotatable bonds is 2. The van der Waals surface area contributed by atoms with Crippen molar-refractivity contribution in [3.63, 3.8) is 0 Å². The van der Waals surface area contributed by atoms with Gasteiger partial charge >= 0.3 is 5.97 Å². The van der Waals surface area contributed by atoms with Crippen molar-refractivity contribution in [1.29, 1.82) is 0 Å². The Morgan fingerprint density at radius 1 is 1.36 bits per heavy atom. The second kappa shape index (κ2) is 5.46. The van der Waals surface area contributed by atoms with Crippen LogP contribution in [0.1, 0.15) is 52.4 Å². The number of fused-ring (bicyclic) bond motifs is 2. The lowest BCUT2D eigenvalue weighted by Crippen LogP contribution is -2.81. The van der Waals surface area contributed by atoms with Gasteiger partial charge in [-0.15, -0.1) is 0 Å². The first-order valence-electron chi connectivity index (χ1n) is 10.5. The number of carbonyl (C=O) groups is 2. The van der Waals surface area contributed by atoms with Crippen molar-refractivity contribution >= 4 is 11.8 Å². The molecule has 0 amide bonds. The number of aliphatic hydroxyl groups is 2. The van der Waals surface area contributed by atoms with E-state index < -0.39 is 22.7 Å². The van der Waals surface area contributed by atoms with Crippen molar-refractivity contribution in [2.24, 2.45) is 34.0 Å². The first kappa shape index (κ1) is 18.8. The second-order valence-corrected chi connectivity index (χ2v) is 10.3. The summed E-state index contributed by atoms with van der Waals surface area (Å²) in [6, 6.07) is 0. The molecule has 6 fully saturated rings. The lowest BCUT2D eigenvalue weighted by atomic mass is 9.36. The van der Waals surface area contributed by atoms with E-state index in [1.807, 2.05) is 6.92 Å². The van der Waals surface area contributed by atoms with Crippen molar-refractivity contribution < 1.29 is 29.3 Å². The van der Waals surface area contributed by atoms with Gasteiger partial charge in [0.15, 0.2) is 5.78 Å². The Kier molecular flexibility index (Phi) is 3.66. The Balaban J connectivity index is 1.65. The standard InChI is InChI=1S/C22H30O6/c1-12-14-5-6-15-20-8-4-7-19(3,10-27-13(2)23)16(20)18(25)22(26,28-11-20)21(15,9-14)17(12)24/h14-16,18,25-26H,1,4-11H2,2-3H3/t14-,15+,16-,18+,19+,20-,21+,22-/m1/s1. The highest BCUT2D eigenvalue weighted by atomic mass is 16.6. The minimum absolute atomic E-state index is 0.0351. The van der Waals surface area contributed by atoms with Gasteiger partial charge in [-0.2, -0.15) is 0 Å². The highest BCUT2D eigenvalue weighted by Crippen LogP contribution is 2.76. The predicted octanol–water partition coefficient (Wildman–Crippen LogP) is 1.98. The van der Waals surface area contributed by atoms with Crippen LogP contribution in [0.15, 0.2) is 12.2 Å². The summed E-state index contributed by atoms with van der Waals surface area (Å²) in [6.07, 6.45) is 3.67. The molecule has 8 atom stereocenters. The molecule has 4 aliphatic carbocycles. The molecule has 0 aromatic carbocycles. The van der Waals surface area contributed by atoms with Gasteiger partial charge in [0.1, 0.15) is 6.10 Å². The number of allylic oxidation sites excluding steroid dienone is 1. The summed E-state index contributed by atoms with van der Waals surface area (Å²) >= 11 is 0. The monoisotopic (exact) mass is 390 g/mol. The largest absolute Gasteiger partial charge is 0.465 e. The van der Waals surface area contributed by atoms with Crippen LogP contribution in [0.2, 0.25) is 0 Å². The molecule has 2 N–H and O–H groups in total. The molecule has 0 aromatic heterocycles. The van der Waals surface area contributed by atoms with Crippen molar-refractivity contribution in [3.8, 4) is 0 Å². The molecule has 154 valence electrons. The summed E-state index contributed by atoms with van der Waals surface area (Å²) in [5, 5.41) is 23.3. The summed E-state index contributed by atoms with van der Waals surface area (Å²) in [4.78, 5) is 24.9. The lowest BCUT2D eigenvalue weighted by Gasteiger charge is -2.73. The Labute approximate surface area is 165 Å². The van der Waals surface area contributed by atoms with Gasteiger partial charge in [0, 0.05) is 23.7 Å². The molecule has 28 heavy (non-hydrogen) atoms. The van der Waals surface area contributed by atoms with Crippen LogP contribution in [0.25, 0.3) is 0 Å². The molecule has 2 heterocycles. The van der Waals surface area contributed by atoms with Crippen LogP contribution < -0.4 is 0 Å². The molecular weight excluding hydrogens is 360 g/mol. The van der Waals surface area contributed by atoms with E-state index in [1.54, 1.807) is 0 Å². The van der Waals surface area contributed by atoms with Gasteiger partial charge in [-0.05, 0) is 49.5 Å². The number of aliphatic hydroxyl groups excluding tert-OH is 1. The van der Waals surface area contributed by atoms with Crippen LogP contribution in [0, 0.1) is 34.0 Å². The lowest BCUT2D eigenvalue weighted by molar-refractivity contribution is -0.439. The Morgan fingerprint density at radius 2 is 2.11 bits per heavy atom. The molecule has 6 rings (SSSR count). The molecular formula is C22H30O6. The van der Waals surface area contributed by atoms with Crippen LogP contribution in [0.5, 0.6) is 0 Å². The highest BCUT2D eigenvalue weighted by molar-refractivity contribution is 6.04. The number of esters is 1. The minimum Gasteiger partial charge on any atom is -0.465 e. The third-order valence-electron chi connectivity index (χ3n) is 9.13. The molecule has 2 saturated heterocycles. The molecule has 0 radical (unpaired) electrons. The normalized spacial score (nSPS) is 54.3. The average molecular weight is 390 g/mol. The topological polar surface area (TPSA) is 93.1 Å². The van der Waals surface area contributed by atoms with Crippen molar-refractivity contribution in [2.75, 3.05) is 13.2 Å². The first-order chi connectivity index (χ1) is 13.1. The molecule has 6 aliphatic rings. The fourth-order valence-electron chi connectivity index (χ4n) is 8.16. The van der Waals surface area contributed by atoms with Gasteiger partial charge in [-0.25, -0.2) is 0 Å². The smallest absolute Gasteiger partial charge is 0.302 e. The highest BCUT2D eigenvalue weighted by Gasteiger charge is 2.83. The Hall–Kier alpha value is -1.24. The third-order valence-corrected chi connectivity index (χ3v) is 9.13. The zero-order chi connectivity index (χ0) is 20.1. The maximum absolute atomic E-state index is 13.4. The van der Waals surface area contributed by atoms with Crippen LogP contribution in [-0.4, -0.2) is 47.1 Å². The van der Waals surface area contributed by atoms with Gasteiger partial charge in [0.05, 0.1) is 18.6 Å². The maximum Gasteiger partial charge on any atom is 0.302 e. The third kappa shape index (κ3) is 1.86. The van der Waals surface area contributed by atoms with Gasteiger partial charge in [-0.3, -0.25) is 9.59 Å². The number of hydrogen-bond acceptors (Lipinski definition) is 6. The summed E-state index contributed by atoms with van der Waals surface area (Å²) < 4.78 is 11.4. The first-order valence-corrected chi connectivity index (χ1v) is 10.5. The van der Waals surface area contributed by atoms with Gasteiger partial charge in [0.2, 0.25) is 5.79 Å². The van der Waals surface area contributed by atoms with E-state index >= 15 is 0 Å². The van der Waals surface area contributed by atoms with E-state index in [-0.39, 0.29) is 41.5 Å². The quantitative estimate of drug-likeness (QED) is 0.553. The van der Waals surface area contributed by atoms with Gasteiger partial charge in [-0.1, -0.05) is 19.9 Å². The summed E-state index contributed by atoms with van der Waals surface area (Å²) in [7, 11) is 0. The van der Waals surface area contributed by atoms with Crippen molar-refractivity contribution in [1.82, 2.24) is 0 Å². The Bertz CT molecular complexity index is 777. The van der Waals surface area contributed by atoms with E-state index in [4.69, 9.17) is 9.47 Å². The number of hydrogen-bond donors (Lipinski definition) is 2. The maximum atomic E-state index is 13.4. The van der Waals surface area contributed by atoms with Crippen LogP contribution in [0.3, 0.4) is 0 Å². The number of ketones is 1. The van der Waals surface area contributed by atoms with Gasteiger partial charge < -0.3 is 19.7 Å². The van der Waals surface area contributed by atoms with Crippen molar-refractivity contribution in [2.45, 2.75) is 64.3 Å². The fourth-order valence-corrected chi connectivity index (χ4v) is 8.16. The Morgan fingerprint density at radius 3 is 2.82 bits per heavy atom. The van der Waals surface area contributed by atoms with Crippen LogP contribution >= 0.6 is 0 Å². The summed E-state index contributed by atoms with van der Waals surface area (Å²) in [6.45, 7) is 8.02. The minimum atomic E-state index is -1.89. The molecule has 4 saturated carbocycles. The van der Waals surface area contributed by atoms with E-state index in [0.717, 1.165) is 32.1 Å². The summed E-state index contributed by atoms with van der Waals surface area (Å²) in [5.74, 6) is -2.58. The van der Waals surface area contributed by atoms with E-state index in [9.17, 15) is 19.8 Å².